The van der Waals surface area contributed by atoms with Gasteiger partial charge in [-0.1, -0.05) is 0 Å². The summed E-state index contributed by atoms with van der Waals surface area (Å²) in [5, 5.41) is 0. The van der Waals surface area contributed by atoms with Crippen molar-refractivity contribution in [1.29, 1.82) is 0 Å². The smallest absolute Gasteiger partial charge is 0.328 e. The molecule has 2 fully saturated rings. The topological polar surface area (TPSA) is 66.9 Å². The monoisotopic (exact) mass is 296 g/mol. The zero-order chi connectivity index (χ0) is 15.4. The van der Waals surface area contributed by atoms with Crippen LogP contribution in [0.15, 0.2) is 0 Å². The zero-order valence-electron chi connectivity index (χ0n) is 12.8. The van der Waals surface area contributed by atoms with Gasteiger partial charge in [-0.25, -0.2) is 4.79 Å². The molecule has 0 saturated carbocycles. The Morgan fingerprint density at radius 1 is 1.10 bits per heavy atom. The summed E-state index contributed by atoms with van der Waals surface area (Å²) in [6.07, 6.45) is 2.91. The van der Waals surface area contributed by atoms with Crippen LogP contribution in [-0.4, -0.2) is 59.9 Å². The fourth-order valence-electron chi connectivity index (χ4n) is 3.19. The van der Waals surface area contributed by atoms with Crippen LogP contribution in [0.1, 0.15) is 39.5 Å². The Balaban J connectivity index is 1.93. The molecule has 6 nitrogen and oxygen atoms in total. The normalized spacial score (nSPS) is 23.2. The van der Waals surface area contributed by atoms with Crippen LogP contribution in [0.3, 0.4) is 0 Å². The molecule has 21 heavy (non-hydrogen) atoms. The predicted octanol–water partition coefficient (Wildman–Crippen LogP) is 0.799. The van der Waals surface area contributed by atoms with E-state index in [9.17, 15) is 14.4 Å². The van der Waals surface area contributed by atoms with Crippen molar-refractivity contribution in [2.24, 2.45) is 5.92 Å². The third-order valence-corrected chi connectivity index (χ3v) is 4.38. The molecule has 2 amide bonds. The molecule has 1 atom stereocenters. The molecule has 118 valence electrons. The molecule has 0 N–H and O–H groups in total. The fraction of sp³-hybridized carbons (Fsp3) is 0.800. The highest BCUT2D eigenvalue weighted by Crippen LogP contribution is 2.26. The number of carbonyl (C=O) groups excluding carboxylic acids is 3. The number of amides is 2. The van der Waals surface area contributed by atoms with Gasteiger partial charge in [0.2, 0.25) is 11.8 Å². The molecule has 0 aliphatic carbocycles. The Labute approximate surface area is 125 Å². The van der Waals surface area contributed by atoms with Crippen molar-refractivity contribution in [2.45, 2.75) is 45.6 Å². The standard InChI is InChI=1S/C15H24N2O4/c1-3-21-15(20)13-5-4-8-17(13)14(19)12-6-9-16(10-7-12)11(2)18/h12-13H,3-10H2,1-2H3. The van der Waals surface area contributed by atoms with E-state index in [1.54, 1.807) is 23.6 Å². The lowest BCUT2D eigenvalue weighted by Crippen LogP contribution is -2.47. The van der Waals surface area contributed by atoms with Crippen LogP contribution < -0.4 is 0 Å². The molecule has 0 bridgehead atoms. The summed E-state index contributed by atoms with van der Waals surface area (Å²) in [5.41, 5.74) is 0. The second-order valence-electron chi connectivity index (χ2n) is 5.72. The molecule has 2 aliphatic heterocycles. The van der Waals surface area contributed by atoms with E-state index in [1.165, 1.54) is 0 Å². The van der Waals surface area contributed by atoms with Crippen LogP contribution in [0.4, 0.5) is 0 Å². The molecule has 2 saturated heterocycles. The number of esters is 1. The lowest BCUT2D eigenvalue weighted by atomic mass is 9.95. The minimum absolute atomic E-state index is 0.0498. The number of nitrogens with zero attached hydrogens (tertiary/aromatic N) is 2. The van der Waals surface area contributed by atoms with E-state index < -0.39 is 6.04 Å². The number of hydrogen-bond acceptors (Lipinski definition) is 4. The summed E-state index contributed by atoms with van der Waals surface area (Å²) in [6, 6.07) is -0.414. The van der Waals surface area contributed by atoms with Gasteiger partial charge >= 0.3 is 5.97 Å². The number of carbonyl (C=O) groups is 3. The van der Waals surface area contributed by atoms with Crippen LogP contribution in [0.5, 0.6) is 0 Å². The minimum Gasteiger partial charge on any atom is -0.464 e. The maximum Gasteiger partial charge on any atom is 0.328 e. The first-order valence-corrected chi connectivity index (χ1v) is 7.77. The predicted molar refractivity (Wildman–Crippen MR) is 76.3 cm³/mol. The van der Waals surface area contributed by atoms with E-state index in [4.69, 9.17) is 4.74 Å². The second kappa shape index (κ2) is 6.91. The summed E-state index contributed by atoms with van der Waals surface area (Å²) < 4.78 is 5.06. The van der Waals surface area contributed by atoms with Gasteiger partial charge in [-0.3, -0.25) is 9.59 Å². The number of hydrogen-bond donors (Lipinski definition) is 0. The Kier molecular flexibility index (Phi) is 5.20. The Bertz CT molecular complexity index is 416. The first kappa shape index (κ1) is 15.8. The molecule has 0 radical (unpaired) electrons. The molecule has 6 heteroatoms. The molecule has 0 aromatic rings. The Hall–Kier alpha value is -1.59. The van der Waals surface area contributed by atoms with Gasteiger partial charge in [0.15, 0.2) is 0 Å². The summed E-state index contributed by atoms with van der Waals surface area (Å²) in [4.78, 5) is 39.3. The van der Waals surface area contributed by atoms with E-state index in [1.807, 2.05) is 0 Å². The number of piperidine rings is 1. The van der Waals surface area contributed by atoms with Gasteiger partial charge in [0.25, 0.3) is 0 Å². The van der Waals surface area contributed by atoms with Crippen molar-refractivity contribution in [1.82, 2.24) is 9.80 Å². The van der Waals surface area contributed by atoms with Gasteiger partial charge in [-0.05, 0) is 32.6 Å². The average Bonchev–Trinajstić information content (AvgIpc) is 2.96. The van der Waals surface area contributed by atoms with E-state index in [-0.39, 0.29) is 23.7 Å². The minimum atomic E-state index is -0.414. The largest absolute Gasteiger partial charge is 0.464 e. The average molecular weight is 296 g/mol. The molecule has 0 aromatic heterocycles. The van der Waals surface area contributed by atoms with E-state index in [0.29, 0.717) is 45.5 Å². The lowest BCUT2D eigenvalue weighted by molar-refractivity contribution is -0.154. The van der Waals surface area contributed by atoms with Gasteiger partial charge in [0.05, 0.1) is 6.61 Å². The molecule has 1 unspecified atom stereocenters. The molecule has 0 aromatic carbocycles. The SMILES string of the molecule is CCOC(=O)C1CCCN1C(=O)C1CCN(C(C)=O)CC1. The molecule has 2 heterocycles. The number of likely N-dealkylation sites (tertiary alicyclic amines) is 2. The third-order valence-electron chi connectivity index (χ3n) is 4.38. The van der Waals surface area contributed by atoms with Crippen LogP contribution >= 0.6 is 0 Å². The van der Waals surface area contributed by atoms with Crippen LogP contribution in [-0.2, 0) is 19.1 Å². The number of ether oxygens (including phenoxy) is 1. The molecule has 2 aliphatic rings. The van der Waals surface area contributed by atoms with Crippen molar-refractivity contribution in [3.8, 4) is 0 Å². The maximum atomic E-state index is 12.6. The van der Waals surface area contributed by atoms with Crippen LogP contribution in [0, 0.1) is 5.92 Å². The fourth-order valence-corrected chi connectivity index (χ4v) is 3.19. The second-order valence-corrected chi connectivity index (χ2v) is 5.72. The van der Waals surface area contributed by atoms with Gasteiger partial charge in [0.1, 0.15) is 6.04 Å². The molecule has 0 spiro atoms. The van der Waals surface area contributed by atoms with Gasteiger partial charge in [0, 0.05) is 32.5 Å². The van der Waals surface area contributed by atoms with Gasteiger partial charge in [-0.2, -0.15) is 0 Å². The Morgan fingerprint density at radius 2 is 1.76 bits per heavy atom. The van der Waals surface area contributed by atoms with E-state index >= 15 is 0 Å². The van der Waals surface area contributed by atoms with E-state index in [0.717, 1.165) is 6.42 Å². The van der Waals surface area contributed by atoms with Crippen LogP contribution in [0.25, 0.3) is 0 Å². The van der Waals surface area contributed by atoms with Gasteiger partial charge in [-0.15, -0.1) is 0 Å². The molecular formula is C15H24N2O4. The lowest BCUT2D eigenvalue weighted by Gasteiger charge is -2.34. The first-order valence-electron chi connectivity index (χ1n) is 7.77. The highest BCUT2D eigenvalue weighted by molar-refractivity contribution is 5.86. The highest BCUT2D eigenvalue weighted by Gasteiger charge is 2.38. The summed E-state index contributed by atoms with van der Waals surface area (Å²) in [5.74, 6) is -0.250. The quantitative estimate of drug-likeness (QED) is 0.723. The van der Waals surface area contributed by atoms with Crippen molar-refractivity contribution in [3.05, 3.63) is 0 Å². The van der Waals surface area contributed by atoms with Crippen molar-refractivity contribution >= 4 is 17.8 Å². The first-order chi connectivity index (χ1) is 10.0. The summed E-state index contributed by atoms with van der Waals surface area (Å²) >= 11 is 0. The number of rotatable bonds is 3. The third kappa shape index (κ3) is 3.54. The van der Waals surface area contributed by atoms with Crippen molar-refractivity contribution in [2.75, 3.05) is 26.2 Å². The van der Waals surface area contributed by atoms with Gasteiger partial charge < -0.3 is 14.5 Å². The molecular weight excluding hydrogens is 272 g/mol. The zero-order valence-corrected chi connectivity index (χ0v) is 12.8. The Morgan fingerprint density at radius 3 is 2.33 bits per heavy atom. The van der Waals surface area contributed by atoms with Crippen LogP contribution in [0.2, 0.25) is 0 Å². The van der Waals surface area contributed by atoms with Crippen molar-refractivity contribution in [3.63, 3.8) is 0 Å². The van der Waals surface area contributed by atoms with Crippen molar-refractivity contribution < 1.29 is 19.1 Å². The summed E-state index contributed by atoms with van der Waals surface area (Å²) in [6.45, 7) is 5.56. The maximum absolute atomic E-state index is 12.6. The summed E-state index contributed by atoms with van der Waals surface area (Å²) in [7, 11) is 0. The van der Waals surface area contributed by atoms with E-state index in [2.05, 4.69) is 0 Å². The molecule has 2 rings (SSSR count). The highest BCUT2D eigenvalue weighted by atomic mass is 16.5.